The minimum atomic E-state index is -0.427. The maximum absolute atomic E-state index is 11.6. The number of imidazole rings is 1. The fraction of sp³-hybridized carbons (Fsp3) is 0.375. The van der Waals surface area contributed by atoms with Gasteiger partial charge in [-0.1, -0.05) is 12.1 Å². The second kappa shape index (κ2) is 8.30. The molecule has 2 aromatic rings. The Balaban J connectivity index is 2.17. The van der Waals surface area contributed by atoms with Crippen LogP contribution in [0.5, 0.6) is 5.75 Å². The lowest BCUT2D eigenvalue weighted by molar-refractivity contribution is -0.142. The number of methoxy groups -OCH3 is 2. The van der Waals surface area contributed by atoms with Gasteiger partial charge in [-0.15, -0.1) is 0 Å². The number of para-hydroxylation sites is 2. The summed E-state index contributed by atoms with van der Waals surface area (Å²) in [5.41, 5.74) is 1.62. The highest BCUT2D eigenvalue weighted by Gasteiger charge is 2.19. The lowest BCUT2D eigenvalue weighted by Crippen LogP contribution is -2.37. The Morgan fingerprint density at radius 3 is 2.83 bits per heavy atom. The third-order valence-electron chi connectivity index (χ3n) is 3.36. The molecule has 0 saturated carbocycles. The molecule has 23 heavy (non-hydrogen) atoms. The van der Waals surface area contributed by atoms with E-state index in [2.05, 4.69) is 10.3 Å². The van der Waals surface area contributed by atoms with E-state index in [1.807, 2.05) is 35.0 Å². The Hall–Kier alpha value is -2.38. The fourth-order valence-corrected chi connectivity index (χ4v) is 2.17. The summed E-state index contributed by atoms with van der Waals surface area (Å²) in [6.07, 6.45) is 3.99. The van der Waals surface area contributed by atoms with Gasteiger partial charge >= 0.3 is 5.97 Å². The predicted molar refractivity (Wildman–Crippen MR) is 84.6 cm³/mol. The van der Waals surface area contributed by atoms with Crippen molar-refractivity contribution in [2.24, 2.45) is 0 Å². The van der Waals surface area contributed by atoms with Gasteiger partial charge in [0.15, 0.2) is 6.79 Å². The molecule has 0 aliphatic rings. The van der Waals surface area contributed by atoms with Gasteiger partial charge in [0, 0.05) is 19.7 Å². The van der Waals surface area contributed by atoms with E-state index < -0.39 is 6.04 Å². The van der Waals surface area contributed by atoms with Crippen molar-refractivity contribution in [3.63, 3.8) is 0 Å². The van der Waals surface area contributed by atoms with E-state index in [9.17, 15) is 4.79 Å². The Morgan fingerprint density at radius 2 is 2.13 bits per heavy atom. The van der Waals surface area contributed by atoms with Crippen LogP contribution in [0.4, 0.5) is 0 Å². The first-order valence-corrected chi connectivity index (χ1v) is 7.18. The van der Waals surface area contributed by atoms with Gasteiger partial charge in [-0.05, 0) is 19.2 Å². The van der Waals surface area contributed by atoms with Crippen LogP contribution in [-0.2, 0) is 20.7 Å². The molecule has 1 N–H and O–H groups in total. The minimum Gasteiger partial charge on any atom is -0.468 e. The van der Waals surface area contributed by atoms with Crippen LogP contribution in [0.1, 0.15) is 5.69 Å². The van der Waals surface area contributed by atoms with E-state index >= 15 is 0 Å². The molecule has 0 fully saturated rings. The van der Waals surface area contributed by atoms with Gasteiger partial charge in [0.25, 0.3) is 0 Å². The number of hydrogen-bond acceptors (Lipinski definition) is 6. The Morgan fingerprint density at radius 1 is 1.35 bits per heavy atom. The van der Waals surface area contributed by atoms with Crippen molar-refractivity contribution in [3.8, 4) is 11.4 Å². The van der Waals surface area contributed by atoms with Crippen molar-refractivity contribution in [1.82, 2.24) is 14.9 Å². The normalized spacial score (nSPS) is 12.0. The standard InChI is InChI=1S/C16H21N3O4/c1-17-13(16(20)22-3)8-12-9-19(10-18-12)14-6-4-5-7-15(14)23-11-21-2/h4-7,9-10,13,17H,8,11H2,1-3H3/t13-/m0/s1. The number of nitrogens with one attached hydrogen (secondary N) is 1. The summed E-state index contributed by atoms with van der Waals surface area (Å²) in [4.78, 5) is 16.0. The van der Waals surface area contributed by atoms with E-state index in [-0.39, 0.29) is 12.8 Å². The lowest BCUT2D eigenvalue weighted by atomic mass is 10.2. The molecule has 0 bridgehead atoms. The van der Waals surface area contributed by atoms with Crippen molar-refractivity contribution < 1.29 is 19.0 Å². The quantitative estimate of drug-likeness (QED) is 0.581. The summed E-state index contributed by atoms with van der Waals surface area (Å²) in [7, 11) is 4.66. The maximum atomic E-state index is 11.6. The van der Waals surface area contributed by atoms with Crippen molar-refractivity contribution in [1.29, 1.82) is 0 Å². The van der Waals surface area contributed by atoms with Crippen molar-refractivity contribution in [3.05, 3.63) is 42.5 Å². The van der Waals surface area contributed by atoms with Gasteiger partial charge < -0.3 is 24.1 Å². The molecule has 2 rings (SSSR count). The Bertz CT molecular complexity index is 642. The predicted octanol–water partition coefficient (Wildman–Crippen LogP) is 1.16. The van der Waals surface area contributed by atoms with E-state index in [1.165, 1.54) is 7.11 Å². The van der Waals surface area contributed by atoms with Crippen LogP contribution < -0.4 is 10.1 Å². The molecule has 0 unspecified atom stereocenters. The van der Waals surface area contributed by atoms with Crippen molar-refractivity contribution >= 4 is 5.97 Å². The first kappa shape index (κ1) is 17.0. The summed E-state index contributed by atoms with van der Waals surface area (Å²) in [5.74, 6) is 0.377. The molecule has 7 heteroatoms. The molecule has 1 aromatic carbocycles. The van der Waals surface area contributed by atoms with Gasteiger partial charge in [0.1, 0.15) is 11.8 Å². The molecular weight excluding hydrogens is 298 g/mol. The zero-order chi connectivity index (χ0) is 16.7. The highest BCUT2D eigenvalue weighted by molar-refractivity contribution is 5.75. The number of ether oxygens (including phenoxy) is 3. The van der Waals surface area contributed by atoms with E-state index in [1.54, 1.807) is 20.5 Å². The van der Waals surface area contributed by atoms with Gasteiger partial charge in [-0.3, -0.25) is 4.79 Å². The van der Waals surface area contributed by atoms with Gasteiger partial charge in [-0.2, -0.15) is 0 Å². The highest BCUT2D eigenvalue weighted by Crippen LogP contribution is 2.22. The number of benzene rings is 1. The van der Waals surface area contributed by atoms with E-state index in [0.717, 1.165) is 11.4 Å². The minimum absolute atomic E-state index is 0.169. The number of nitrogens with zero attached hydrogens (tertiary/aromatic N) is 2. The molecule has 0 aliphatic heterocycles. The lowest BCUT2D eigenvalue weighted by Gasteiger charge is -2.12. The number of carbonyl (C=O) groups is 1. The summed E-state index contributed by atoms with van der Waals surface area (Å²) in [6, 6.07) is 7.16. The number of aromatic nitrogens is 2. The number of likely N-dealkylation sites (N-methyl/N-ethyl adjacent to an activating group) is 1. The summed E-state index contributed by atoms with van der Waals surface area (Å²) >= 11 is 0. The average molecular weight is 319 g/mol. The number of hydrogen-bond donors (Lipinski definition) is 1. The molecule has 0 amide bonds. The smallest absolute Gasteiger partial charge is 0.323 e. The molecular formula is C16H21N3O4. The van der Waals surface area contributed by atoms with Crippen molar-refractivity contribution in [2.75, 3.05) is 28.1 Å². The topological polar surface area (TPSA) is 74.6 Å². The molecule has 0 saturated heterocycles. The number of rotatable bonds is 8. The molecule has 124 valence electrons. The first-order valence-electron chi connectivity index (χ1n) is 7.18. The third kappa shape index (κ3) is 4.30. The molecule has 7 nitrogen and oxygen atoms in total. The van der Waals surface area contributed by atoms with Gasteiger partial charge in [-0.25, -0.2) is 4.98 Å². The Labute approximate surface area is 135 Å². The largest absolute Gasteiger partial charge is 0.468 e. The van der Waals surface area contributed by atoms with Crippen LogP contribution in [-0.4, -0.2) is 49.6 Å². The zero-order valence-corrected chi connectivity index (χ0v) is 13.5. The zero-order valence-electron chi connectivity index (χ0n) is 13.5. The third-order valence-corrected chi connectivity index (χ3v) is 3.36. The van der Waals surface area contributed by atoms with Crippen LogP contribution in [0, 0.1) is 0 Å². The average Bonchev–Trinajstić information content (AvgIpc) is 3.05. The first-order chi connectivity index (χ1) is 11.2. The van der Waals surface area contributed by atoms with Gasteiger partial charge in [0.05, 0.1) is 24.8 Å². The van der Waals surface area contributed by atoms with Crippen LogP contribution in [0.15, 0.2) is 36.8 Å². The SMILES string of the molecule is CN[C@@H](Cc1cn(-c2ccccc2OCOC)cn1)C(=O)OC. The molecule has 1 atom stereocenters. The second-order valence-corrected chi connectivity index (χ2v) is 4.86. The van der Waals surface area contributed by atoms with Crippen LogP contribution in [0.3, 0.4) is 0 Å². The summed E-state index contributed by atoms with van der Waals surface area (Å²) in [5, 5.41) is 2.92. The second-order valence-electron chi connectivity index (χ2n) is 4.86. The molecule has 0 radical (unpaired) electrons. The van der Waals surface area contributed by atoms with Crippen LogP contribution in [0.25, 0.3) is 5.69 Å². The molecule has 0 spiro atoms. The number of carbonyl (C=O) groups excluding carboxylic acids is 1. The van der Waals surface area contributed by atoms with E-state index in [4.69, 9.17) is 14.2 Å². The number of esters is 1. The molecule has 1 heterocycles. The highest BCUT2D eigenvalue weighted by atomic mass is 16.7. The molecule has 1 aromatic heterocycles. The maximum Gasteiger partial charge on any atom is 0.323 e. The summed E-state index contributed by atoms with van der Waals surface area (Å²) < 4.78 is 17.1. The molecule has 0 aliphatic carbocycles. The Kier molecular flexibility index (Phi) is 6.13. The van der Waals surface area contributed by atoms with Crippen LogP contribution in [0.2, 0.25) is 0 Å². The van der Waals surface area contributed by atoms with Crippen LogP contribution >= 0.6 is 0 Å². The van der Waals surface area contributed by atoms with Gasteiger partial charge in [0.2, 0.25) is 0 Å². The monoisotopic (exact) mass is 319 g/mol. The fourth-order valence-electron chi connectivity index (χ4n) is 2.17. The van der Waals surface area contributed by atoms with Crippen molar-refractivity contribution in [2.45, 2.75) is 12.5 Å². The van der Waals surface area contributed by atoms with E-state index in [0.29, 0.717) is 12.2 Å². The summed E-state index contributed by atoms with van der Waals surface area (Å²) in [6.45, 7) is 0.169.